The van der Waals surface area contributed by atoms with Crippen molar-refractivity contribution in [2.24, 2.45) is 0 Å². The summed E-state index contributed by atoms with van der Waals surface area (Å²) in [6, 6.07) is 8.86. The molecule has 1 saturated heterocycles. The zero-order chi connectivity index (χ0) is 18.0. The van der Waals surface area contributed by atoms with Crippen molar-refractivity contribution in [2.75, 3.05) is 22.1 Å². The fourth-order valence-corrected chi connectivity index (χ4v) is 4.41. The van der Waals surface area contributed by atoms with Crippen LogP contribution in [0, 0.1) is 13.8 Å². The summed E-state index contributed by atoms with van der Waals surface area (Å²) in [7, 11) is -2.99. The summed E-state index contributed by atoms with van der Waals surface area (Å²) in [4.78, 5) is 21.0. The Morgan fingerprint density at radius 3 is 2.64 bits per heavy atom. The van der Waals surface area contributed by atoms with E-state index in [-0.39, 0.29) is 35.1 Å². The first-order valence-corrected chi connectivity index (χ1v) is 9.84. The first-order valence-electron chi connectivity index (χ1n) is 8.02. The zero-order valence-electron chi connectivity index (χ0n) is 14.1. The number of rotatable bonds is 4. The van der Waals surface area contributed by atoms with E-state index in [0.29, 0.717) is 12.1 Å². The van der Waals surface area contributed by atoms with Gasteiger partial charge in [-0.15, -0.1) is 0 Å². The average Bonchev–Trinajstić information content (AvgIpc) is 2.87. The number of nitrogens with one attached hydrogen (secondary N) is 2. The van der Waals surface area contributed by atoms with Crippen LogP contribution in [0.25, 0.3) is 0 Å². The minimum Gasteiger partial charge on any atom is -0.350 e. The van der Waals surface area contributed by atoms with E-state index in [1.165, 1.54) is 0 Å². The van der Waals surface area contributed by atoms with Crippen LogP contribution in [0.3, 0.4) is 0 Å². The first kappa shape index (κ1) is 17.3. The number of carbonyl (C=O) groups is 1. The van der Waals surface area contributed by atoms with Crippen molar-refractivity contribution in [1.29, 1.82) is 0 Å². The number of aromatic nitrogens is 2. The molecule has 0 bridgehead atoms. The van der Waals surface area contributed by atoms with E-state index in [2.05, 4.69) is 20.6 Å². The van der Waals surface area contributed by atoms with Gasteiger partial charge in [0.2, 0.25) is 5.95 Å². The number of aryl methyl sites for hydroxylation is 2. The lowest BCUT2D eigenvalue weighted by molar-refractivity contribution is 0.102. The van der Waals surface area contributed by atoms with Crippen molar-refractivity contribution in [3.8, 4) is 0 Å². The third kappa shape index (κ3) is 4.33. The normalized spacial score (nSPS) is 18.7. The molecule has 1 atom stereocenters. The van der Waals surface area contributed by atoms with Crippen LogP contribution < -0.4 is 10.6 Å². The van der Waals surface area contributed by atoms with Gasteiger partial charge >= 0.3 is 0 Å². The van der Waals surface area contributed by atoms with Crippen LogP contribution in [0.1, 0.15) is 28.2 Å². The van der Waals surface area contributed by atoms with Crippen molar-refractivity contribution in [1.82, 2.24) is 9.97 Å². The molecule has 25 heavy (non-hydrogen) atoms. The van der Waals surface area contributed by atoms with Crippen molar-refractivity contribution < 1.29 is 13.2 Å². The highest BCUT2D eigenvalue weighted by atomic mass is 32.2. The molecular weight excluding hydrogens is 340 g/mol. The molecule has 1 aromatic carbocycles. The van der Waals surface area contributed by atoms with Gasteiger partial charge in [-0.05, 0) is 38.0 Å². The number of nitrogens with zero attached hydrogens (tertiary/aromatic N) is 2. The maximum atomic E-state index is 12.5. The molecule has 0 radical (unpaired) electrons. The Balaban J connectivity index is 1.77. The molecule has 0 saturated carbocycles. The minimum atomic E-state index is -2.99. The summed E-state index contributed by atoms with van der Waals surface area (Å²) in [5.74, 6) is 0.172. The topological polar surface area (TPSA) is 101 Å². The number of para-hydroxylation sites is 1. The lowest BCUT2D eigenvalue weighted by Gasteiger charge is -2.13. The van der Waals surface area contributed by atoms with Crippen LogP contribution in [0.2, 0.25) is 0 Å². The predicted octanol–water partition coefficient (Wildman–Crippen LogP) is 1.94. The van der Waals surface area contributed by atoms with Crippen LogP contribution in [-0.2, 0) is 9.84 Å². The van der Waals surface area contributed by atoms with Gasteiger partial charge in [0.1, 0.15) is 5.69 Å². The van der Waals surface area contributed by atoms with E-state index >= 15 is 0 Å². The van der Waals surface area contributed by atoms with Crippen molar-refractivity contribution >= 4 is 27.4 Å². The second kappa shape index (κ2) is 6.79. The van der Waals surface area contributed by atoms with Crippen LogP contribution in [0.15, 0.2) is 30.3 Å². The maximum Gasteiger partial charge on any atom is 0.274 e. The molecule has 7 nitrogen and oxygen atoms in total. The van der Waals surface area contributed by atoms with E-state index < -0.39 is 9.84 Å². The standard InChI is InChI=1S/C17H20N4O3S/c1-11-5-3-4-6-14(11)20-16(22)15-9-12(2)18-17(21-15)19-13-7-8-25(23,24)10-13/h3-6,9,13H,7-8,10H2,1-2H3,(H,20,22)(H,18,19,21). The fourth-order valence-electron chi connectivity index (χ4n) is 2.74. The zero-order valence-corrected chi connectivity index (χ0v) is 14.9. The molecule has 0 spiro atoms. The Bertz CT molecular complexity index is 912. The molecule has 1 aromatic heterocycles. The minimum absolute atomic E-state index is 0.0645. The highest BCUT2D eigenvalue weighted by Gasteiger charge is 2.28. The third-order valence-corrected chi connectivity index (χ3v) is 5.81. The molecule has 1 amide bonds. The molecule has 8 heteroatoms. The van der Waals surface area contributed by atoms with E-state index in [1.54, 1.807) is 13.0 Å². The second-order valence-electron chi connectivity index (χ2n) is 6.23. The van der Waals surface area contributed by atoms with Crippen LogP contribution in [0.5, 0.6) is 0 Å². The largest absolute Gasteiger partial charge is 0.350 e. The van der Waals surface area contributed by atoms with E-state index in [9.17, 15) is 13.2 Å². The molecule has 3 rings (SSSR count). The van der Waals surface area contributed by atoms with Gasteiger partial charge in [0.15, 0.2) is 9.84 Å². The number of anilines is 2. The maximum absolute atomic E-state index is 12.5. The number of carbonyl (C=O) groups excluding carboxylic acids is 1. The van der Waals surface area contributed by atoms with E-state index in [0.717, 1.165) is 11.3 Å². The average molecular weight is 360 g/mol. The number of amides is 1. The van der Waals surface area contributed by atoms with Gasteiger partial charge in [-0.3, -0.25) is 4.79 Å². The summed E-state index contributed by atoms with van der Waals surface area (Å²) in [5, 5.41) is 5.86. The molecule has 2 N–H and O–H groups in total. The summed E-state index contributed by atoms with van der Waals surface area (Å²) in [6.45, 7) is 3.68. The van der Waals surface area contributed by atoms with Gasteiger partial charge in [-0.25, -0.2) is 18.4 Å². The Hall–Kier alpha value is -2.48. The van der Waals surface area contributed by atoms with Gasteiger partial charge < -0.3 is 10.6 Å². The number of sulfone groups is 1. The molecule has 1 aliphatic rings. The highest BCUT2D eigenvalue weighted by molar-refractivity contribution is 7.91. The number of benzene rings is 1. The monoisotopic (exact) mass is 360 g/mol. The Morgan fingerprint density at radius 1 is 1.20 bits per heavy atom. The van der Waals surface area contributed by atoms with Gasteiger partial charge in [-0.2, -0.15) is 0 Å². The SMILES string of the molecule is Cc1cc(C(=O)Nc2ccccc2C)nc(NC2CCS(=O)(=O)C2)n1. The molecule has 1 unspecified atom stereocenters. The van der Waals surface area contributed by atoms with Gasteiger partial charge in [-0.1, -0.05) is 18.2 Å². The third-order valence-electron chi connectivity index (χ3n) is 4.05. The van der Waals surface area contributed by atoms with Crippen LogP contribution in [-0.4, -0.2) is 41.8 Å². The van der Waals surface area contributed by atoms with Gasteiger partial charge in [0.05, 0.1) is 11.5 Å². The lowest BCUT2D eigenvalue weighted by Crippen LogP contribution is -2.23. The van der Waals surface area contributed by atoms with E-state index in [4.69, 9.17) is 0 Å². The smallest absolute Gasteiger partial charge is 0.274 e. The molecule has 2 heterocycles. The number of hydrogen-bond donors (Lipinski definition) is 2. The predicted molar refractivity (Wildman–Crippen MR) is 96.6 cm³/mol. The van der Waals surface area contributed by atoms with Crippen molar-refractivity contribution in [3.05, 3.63) is 47.3 Å². The molecule has 2 aromatic rings. The second-order valence-corrected chi connectivity index (χ2v) is 8.46. The van der Waals surface area contributed by atoms with Crippen LogP contribution >= 0.6 is 0 Å². The number of hydrogen-bond acceptors (Lipinski definition) is 6. The van der Waals surface area contributed by atoms with Crippen molar-refractivity contribution in [2.45, 2.75) is 26.3 Å². The summed E-state index contributed by atoms with van der Waals surface area (Å²) in [6.07, 6.45) is 0.518. The molecular formula is C17H20N4O3S. The van der Waals surface area contributed by atoms with Gasteiger partial charge in [0.25, 0.3) is 5.91 Å². The Labute approximate surface area is 146 Å². The molecule has 1 fully saturated rings. The highest BCUT2D eigenvalue weighted by Crippen LogP contribution is 2.17. The van der Waals surface area contributed by atoms with E-state index in [1.807, 2.05) is 31.2 Å². The molecule has 1 aliphatic heterocycles. The summed E-state index contributed by atoms with van der Waals surface area (Å²) < 4.78 is 23.1. The summed E-state index contributed by atoms with van der Waals surface area (Å²) >= 11 is 0. The quantitative estimate of drug-likeness (QED) is 0.864. The first-order chi connectivity index (χ1) is 11.8. The Kier molecular flexibility index (Phi) is 4.71. The fraction of sp³-hybridized carbons (Fsp3) is 0.353. The van der Waals surface area contributed by atoms with Crippen LogP contribution in [0.4, 0.5) is 11.6 Å². The van der Waals surface area contributed by atoms with Crippen molar-refractivity contribution in [3.63, 3.8) is 0 Å². The summed E-state index contributed by atoms with van der Waals surface area (Å²) in [5.41, 5.74) is 2.55. The molecule has 132 valence electrons. The Morgan fingerprint density at radius 2 is 1.96 bits per heavy atom. The van der Waals surface area contributed by atoms with Gasteiger partial charge in [0, 0.05) is 17.4 Å². The molecule has 0 aliphatic carbocycles. The lowest BCUT2D eigenvalue weighted by atomic mass is 10.2.